The zero-order chi connectivity index (χ0) is 14.8. The van der Waals surface area contributed by atoms with E-state index in [0.717, 1.165) is 0 Å². The number of rotatable bonds is 5. The van der Waals surface area contributed by atoms with Crippen LogP contribution in [0.25, 0.3) is 0 Å². The highest BCUT2D eigenvalue weighted by Gasteiger charge is 2.13. The fourth-order valence-corrected chi connectivity index (χ4v) is 3.11. The van der Waals surface area contributed by atoms with E-state index in [1.165, 1.54) is 34.5 Å². The zero-order valence-corrected chi connectivity index (χ0v) is 12.2. The standard InChI is InChI=1S/C11H12FN3O3S2/c1-2-15-10(16)13-14-11(15)19-7-8-4-3-5-9(6-8)20(12,17)18/h3-6H,2,7H2,1H3,(H,13,16). The normalized spacial score (nSPS) is 11.7. The smallest absolute Gasteiger partial charge is 0.270 e. The Morgan fingerprint density at radius 3 is 2.85 bits per heavy atom. The topological polar surface area (TPSA) is 84.8 Å². The van der Waals surface area contributed by atoms with Gasteiger partial charge in [0.05, 0.1) is 4.90 Å². The first-order chi connectivity index (χ1) is 9.41. The van der Waals surface area contributed by atoms with Gasteiger partial charge in [0.2, 0.25) is 0 Å². The lowest BCUT2D eigenvalue weighted by Crippen LogP contribution is -2.16. The van der Waals surface area contributed by atoms with E-state index >= 15 is 0 Å². The number of nitrogens with one attached hydrogen (secondary N) is 1. The summed E-state index contributed by atoms with van der Waals surface area (Å²) in [7, 11) is -4.70. The van der Waals surface area contributed by atoms with Gasteiger partial charge in [-0.2, -0.15) is 8.42 Å². The van der Waals surface area contributed by atoms with Crippen LogP contribution in [0.2, 0.25) is 0 Å². The molecule has 20 heavy (non-hydrogen) atoms. The van der Waals surface area contributed by atoms with Gasteiger partial charge < -0.3 is 0 Å². The Labute approximate surface area is 119 Å². The molecule has 0 aliphatic heterocycles. The number of hydrogen-bond acceptors (Lipinski definition) is 5. The molecule has 0 unspecified atom stereocenters. The molecule has 0 atom stereocenters. The molecule has 0 bridgehead atoms. The van der Waals surface area contributed by atoms with E-state index < -0.39 is 10.2 Å². The molecule has 108 valence electrons. The van der Waals surface area contributed by atoms with Crippen LogP contribution in [-0.2, 0) is 22.5 Å². The molecule has 2 rings (SSSR count). The molecule has 1 heterocycles. The minimum atomic E-state index is -4.70. The number of benzene rings is 1. The molecule has 6 nitrogen and oxygen atoms in total. The molecule has 0 spiro atoms. The van der Waals surface area contributed by atoms with Crippen molar-refractivity contribution in [2.75, 3.05) is 0 Å². The summed E-state index contributed by atoms with van der Waals surface area (Å²) in [5, 5.41) is 6.72. The van der Waals surface area contributed by atoms with Gasteiger partial charge in [-0.1, -0.05) is 23.9 Å². The summed E-state index contributed by atoms with van der Waals surface area (Å²) in [6, 6.07) is 5.62. The summed E-state index contributed by atoms with van der Waals surface area (Å²) in [5.41, 5.74) is 0.335. The van der Waals surface area contributed by atoms with Crippen molar-refractivity contribution in [3.63, 3.8) is 0 Å². The fourth-order valence-electron chi connectivity index (χ4n) is 1.63. The second-order valence-electron chi connectivity index (χ2n) is 3.93. The highest BCUT2D eigenvalue weighted by Crippen LogP contribution is 2.22. The minimum absolute atomic E-state index is 0.296. The third kappa shape index (κ3) is 3.28. The highest BCUT2D eigenvalue weighted by atomic mass is 32.3. The van der Waals surface area contributed by atoms with Crippen molar-refractivity contribution in [2.24, 2.45) is 0 Å². The first-order valence-electron chi connectivity index (χ1n) is 5.73. The van der Waals surface area contributed by atoms with Gasteiger partial charge in [-0.3, -0.25) is 4.57 Å². The summed E-state index contributed by atoms with van der Waals surface area (Å²) < 4.78 is 36.0. The van der Waals surface area contributed by atoms with Crippen molar-refractivity contribution in [1.29, 1.82) is 0 Å². The molecule has 0 aliphatic rings. The molecule has 1 aromatic heterocycles. The molecule has 0 saturated heterocycles. The lowest BCUT2D eigenvalue weighted by atomic mass is 10.2. The SMILES string of the molecule is CCn1c(SCc2cccc(S(=O)(=O)F)c2)n[nH]c1=O. The van der Waals surface area contributed by atoms with E-state index in [2.05, 4.69) is 10.2 Å². The predicted octanol–water partition coefficient (Wildman–Crippen LogP) is 1.54. The Balaban J connectivity index is 2.17. The zero-order valence-electron chi connectivity index (χ0n) is 10.5. The number of H-pyrrole nitrogens is 1. The third-order valence-corrected chi connectivity index (χ3v) is 4.45. The van der Waals surface area contributed by atoms with Crippen LogP contribution in [0.15, 0.2) is 39.1 Å². The Bertz CT molecular complexity index is 767. The summed E-state index contributed by atoms with van der Waals surface area (Å²) in [6.45, 7) is 2.30. The van der Waals surface area contributed by atoms with Crippen LogP contribution < -0.4 is 5.69 Å². The average Bonchev–Trinajstić information content (AvgIpc) is 2.76. The predicted molar refractivity (Wildman–Crippen MR) is 72.8 cm³/mol. The van der Waals surface area contributed by atoms with Crippen molar-refractivity contribution in [3.05, 3.63) is 40.3 Å². The first kappa shape index (κ1) is 14.8. The Morgan fingerprint density at radius 1 is 1.45 bits per heavy atom. The van der Waals surface area contributed by atoms with Gasteiger partial charge in [-0.25, -0.2) is 9.89 Å². The van der Waals surface area contributed by atoms with Crippen LogP contribution in [-0.4, -0.2) is 23.2 Å². The maximum absolute atomic E-state index is 12.9. The Hall–Kier alpha value is -1.61. The molecule has 0 saturated carbocycles. The van der Waals surface area contributed by atoms with Crippen LogP contribution in [0.3, 0.4) is 0 Å². The fraction of sp³-hybridized carbons (Fsp3) is 0.273. The summed E-state index contributed by atoms with van der Waals surface area (Å²) in [6.07, 6.45) is 0. The van der Waals surface area contributed by atoms with E-state index in [1.807, 2.05) is 6.92 Å². The van der Waals surface area contributed by atoms with Crippen molar-refractivity contribution in [3.8, 4) is 0 Å². The Morgan fingerprint density at radius 2 is 2.20 bits per heavy atom. The van der Waals surface area contributed by atoms with Gasteiger partial charge in [0.25, 0.3) is 0 Å². The molecule has 2 aromatic rings. The third-order valence-electron chi connectivity index (χ3n) is 2.59. The van der Waals surface area contributed by atoms with Crippen LogP contribution in [0.5, 0.6) is 0 Å². The number of nitrogens with zero attached hydrogens (tertiary/aromatic N) is 2. The Kier molecular flexibility index (Phi) is 4.29. The molecule has 0 radical (unpaired) electrons. The highest BCUT2D eigenvalue weighted by molar-refractivity contribution is 7.98. The van der Waals surface area contributed by atoms with Gasteiger partial charge in [-0.15, -0.1) is 8.98 Å². The number of aromatic nitrogens is 3. The molecule has 0 fully saturated rings. The van der Waals surface area contributed by atoms with Gasteiger partial charge in [0.1, 0.15) is 0 Å². The largest absolute Gasteiger partial charge is 0.343 e. The molecule has 1 N–H and O–H groups in total. The van der Waals surface area contributed by atoms with Crippen LogP contribution >= 0.6 is 11.8 Å². The second-order valence-corrected chi connectivity index (χ2v) is 6.22. The van der Waals surface area contributed by atoms with Gasteiger partial charge in [0, 0.05) is 12.3 Å². The van der Waals surface area contributed by atoms with Crippen LogP contribution in [0.1, 0.15) is 12.5 Å². The van der Waals surface area contributed by atoms with E-state index in [4.69, 9.17) is 0 Å². The van der Waals surface area contributed by atoms with Crippen molar-refractivity contribution >= 4 is 22.0 Å². The molecule has 0 aliphatic carbocycles. The summed E-state index contributed by atoms with van der Waals surface area (Å²) in [5.74, 6) is 0.383. The van der Waals surface area contributed by atoms with E-state index in [0.29, 0.717) is 23.0 Å². The van der Waals surface area contributed by atoms with Crippen molar-refractivity contribution in [1.82, 2.24) is 14.8 Å². The van der Waals surface area contributed by atoms with Crippen LogP contribution in [0.4, 0.5) is 3.89 Å². The molecular weight excluding hydrogens is 305 g/mol. The average molecular weight is 317 g/mol. The maximum atomic E-state index is 12.9. The number of thioether (sulfide) groups is 1. The minimum Gasteiger partial charge on any atom is -0.270 e. The first-order valence-corrected chi connectivity index (χ1v) is 8.10. The number of hydrogen-bond donors (Lipinski definition) is 1. The monoisotopic (exact) mass is 317 g/mol. The lowest BCUT2D eigenvalue weighted by Gasteiger charge is -2.03. The van der Waals surface area contributed by atoms with E-state index in [1.54, 1.807) is 6.07 Å². The molecule has 1 aromatic carbocycles. The quantitative estimate of drug-likeness (QED) is 0.668. The van der Waals surface area contributed by atoms with Crippen LogP contribution in [0, 0.1) is 0 Å². The molecular formula is C11H12FN3O3S2. The van der Waals surface area contributed by atoms with E-state index in [9.17, 15) is 17.1 Å². The van der Waals surface area contributed by atoms with E-state index in [-0.39, 0.29) is 10.6 Å². The maximum Gasteiger partial charge on any atom is 0.343 e. The molecule has 0 amide bonds. The number of aromatic amines is 1. The number of halogens is 1. The summed E-state index contributed by atoms with van der Waals surface area (Å²) in [4.78, 5) is 11.0. The second kappa shape index (κ2) is 5.80. The van der Waals surface area contributed by atoms with Crippen molar-refractivity contribution in [2.45, 2.75) is 29.3 Å². The molecule has 9 heteroatoms. The van der Waals surface area contributed by atoms with Gasteiger partial charge >= 0.3 is 15.9 Å². The van der Waals surface area contributed by atoms with Crippen molar-refractivity contribution < 1.29 is 12.3 Å². The van der Waals surface area contributed by atoms with Gasteiger partial charge in [-0.05, 0) is 24.6 Å². The summed E-state index contributed by atoms with van der Waals surface area (Å²) >= 11 is 1.27. The van der Waals surface area contributed by atoms with Gasteiger partial charge in [0.15, 0.2) is 5.16 Å². The lowest BCUT2D eigenvalue weighted by molar-refractivity contribution is 0.552.